The Morgan fingerprint density at radius 2 is 2.12 bits per heavy atom. The normalized spacial score (nSPS) is 17.5. The van der Waals surface area contributed by atoms with Gasteiger partial charge in [0.15, 0.2) is 5.89 Å². The molecule has 0 spiro atoms. The monoisotopic (exact) mass is 237 g/mol. The highest BCUT2D eigenvalue weighted by Gasteiger charge is 2.11. The smallest absolute Gasteiger partial charge is 0.195 e. The molecule has 0 radical (unpaired) electrons. The van der Waals surface area contributed by atoms with Gasteiger partial charge in [-0.1, -0.05) is 6.42 Å². The van der Waals surface area contributed by atoms with Crippen molar-refractivity contribution in [2.45, 2.75) is 32.1 Å². The molecule has 1 fully saturated rings. The molecular formula is C13H23N3O. The first kappa shape index (κ1) is 12.6. The quantitative estimate of drug-likeness (QED) is 0.813. The van der Waals surface area contributed by atoms with Gasteiger partial charge in [-0.05, 0) is 33.0 Å². The van der Waals surface area contributed by atoms with Gasteiger partial charge in [0.05, 0.1) is 5.69 Å². The van der Waals surface area contributed by atoms with Gasteiger partial charge in [-0.3, -0.25) is 0 Å². The van der Waals surface area contributed by atoms with E-state index in [0.717, 1.165) is 37.5 Å². The van der Waals surface area contributed by atoms with Gasteiger partial charge in [-0.2, -0.15) is 0 Å². The standard InChI is InChI=1S/C13H23N3O/c1-14-7-5-12-11-17-13(15-12)6-10-16-8-3-2-4-9-16/h11,14H,2-10H2,1H3. The van der Waals surface area contributed by atoms with E-state index in [2.05, 4.69) is 15.2 Å². The Hall–Kier alpha value is -0.870. The van der Waals surface area contributed by atoms with E-state index in [0.29, 0.717) is 0 Å². The fourth-order valence-electron chi connectivity index (χ4n) is 2.27. The Bertz CT molecular complexity index is 318. The molecule has 1 aromatic heterocycles. The lowest BCUT2D eigenvalue weighted by Gasteiger charge is -2.25. The van der Waals surface area contributed by atoms with Crippen LogP contribution in [0.15, 0.2) is 10.7 Å². The van der Waals surface area contributed by atoms with Crippen molar-refractivity contribution >= 4 is 0 Å². The molecule has 2 rings (SSSR count). The van der Waals surface area contributed by atoms with Crippen LogP contribution in [-0.4, -0.2) is 43.1 Å². The molecule has 0 unspecified atom stereocenters. The number of nitrogens with one attached hydrogen (secondary N) is 1. The van der Waals surface area contributed by atoms with Crippen molar-refractivity contribution in [3.63, 3.8) is 0 Å². The van der Waals surface area contributed by atoms with Crippen molar-refractivity contribution < 1.29 is 4.42 Å². The maximum Gasteiger partial charge on any atom is 0.195 e. The SMILES string of the molecule is CNCCc1coc(CCN2CCCCC2)n1. The molecule has 1 N–H and O–H groups in total. The molecule has 1 saturated heterocycles. The fraction of sp³-hybridized carbons (Fsp3) is 0.769. The Balaban J connectivity index is 1.72. The van der Waals surface area contributed by atoms with Crippen LogP contribution in [0.2, 0.25) is 0 Å². The zero-order valence-corrected chi connectivity index (χ0v) is 10.7. The fourth-order valence-corrected chi connectivity index (χ4v) is 2.27. The second-order valence-corrected chi connectivity index (χ2v) is 4.74. The van der Waals surface area contributed by atoms with E-state index in [1.807, 2.05) is 7.05 Å². The van der Waals surface area contributed by atoms with E-state index in [9.17, 15) is 0 Å². The van der Waals surface area contributed by atoms with Crippen LogP contribution in [0, 0.1) is 0 Å². The van der Waals surface area contributed by atoms with E-state index in [1.165, 1.54) is 32.4 Å². The minimum absolute atomic E-state index is 0.890. The molecule has 0 aromatic carbocycles. The number of likely N-dealkylation sites (N-methyl/N-ethyl adjacent to an activating group) is 1. The maximum absolute atomic E-state index is 5.49. The molecule has 1 aromatic rings. The summed E-state index contributed by atoms with van der Waals surface area (Å²) in [6.45, 7) is 4.53. The molecular weight excluding hydrogens is 214 g/mol. The summed E-state index contributed by atoms with van der Waals surface area (Å²) >= 11 is 0. The van der Waals surface area contributed by atoms with Crippen molar-refractivity contribution in [3.8, 4) is 0 Å². The summed E-state index contributed by atoms with van der Waals surface area (Å²) in [6.07, 6.45) is 7.77. The first-order chi connectivity index (χ1) is 8.38. The minimum atomic E-state index is 0.890. The zero-order chi connectivity index (χ0) is 11.9. The maximum atomic E-state index is 5.49. The van der Waals surface area contributed by atoms with Gasteiger partial charge in [0, 0.05) is 25.9 Å². The van der Waals surface area contributed by atoms with Crippen LogP contribution in [0.3, 0.4) is 0 Å². The third-order valence-electron chi connectivity index (χ3n) is 3.32. The molecule has 96 valence electrons. The van der Waals surface area contributed by atoms with Crippen LogP contribution < -0.4 is 5.32 Å². The highest BCUT2D eigenvalue weighted by molar-refractivity contribution is 4.97. The van der Waals surface area contributed by atoms with Crippen LogP contribution in [0.25, 0.3) is 0 Å². The Morgan fingerprint density at radius 1 is 1.29 bits per heavy atom. The third-order valence-corrected chi connectivity index (χ3v) is 3.32. The summed E-state index contributed by atoms with van der Waals surface area (Å²) in [4.78, 5) is 7.01. The van der Waals surface area contributed by atoms with Crippen molar-refractivity contribution in [2.24, 2.45) is 0 Å². The van der Waals surface area contributed by atoms with Crippen LogP contribution in [-0.2, 0) is 12.8 Å². The predicted octanol–water partition coefficient (Wildman–Crippen LogP) is 1.46. The van der Waals surface area contributed by atoms with Crippen LogP contribution in [0.1, 0.15) is 30.8 Å². The highest BCUT2D eigenvalue weighted by atomic mass is 16.3. The number of rotatable bonds is 6. The Morgan fingerprint density at radius 3 is 2.88 bits per heavy atom. The van der Waals surface area contributed by atoms with Crippen molar-refractivity contribution in [1.29, 1.82) is 0 Å². The van der Waals surface area contributed by atoms with Gasteiger partial charge in [0.25, 0.3) is 0 Å². The van der Waals surface area contributed by atoms with Gasteiger partial charge >= 0.3 is 0 Å². The number of oxazole rings is 1. The summed E-state index contributed by atoms with van der Waals surface area (Å²) in [5.41, 5.74) is 1.06. The van der Waals surface area contributed by atoms with Crippen LogP contribution in [0.4, 0.5) is 0 Å². The van der Waals surface area contributed by atoms with Crippen molar-refractivity contribution in [2.75, 3.05) is 33.2 Å². The second kappa shape index (κ2) is 6.77. The van der Waals surface area contributed by atoms with E-state index in [4.69, 9.17) is 4.42 Å². The Kier molecular flexibility index (Phi) is 5.01. The van der Waals surface area contributed by atoms with E-state index in [1.54, 1.807) is 6.26 Å². The molecule has 0 atom stereocenters. The molecule has 1 aliphatic heterocycles. The number of hydrogen-bond donors (Lipinski definition) is 1. The molecule has 0 aliphatic carbocycles. The molecule has 2 heterocycles. The molecule has 17 heavy (non-hydrogen) atoms. The zero-order valence-electron chi connectivity index (χ0n) is 10.7. The number of aromatic nitrogens is 1. The number of nitrogens with zero attached hydrogens (tertiary/aromatic N) is 2. The lowest BCUT2D eigenvalue weighted by atomic mass is 10.1. The number of piperidine rings is 1. The van der Waals surface area contributed by atoms with Crippen molar-refractivity contribution in [3.05, 3.63) is 17.8 Å². The van der Waals surface area contributed by atoms with E-state index in [-0.39, 0.29) is 0 Å². The molecule has 0 saturated carbocycles. The summed E-state index contributed by atoms with van der Waals surface area (Å²) in [6, 6.07) is 0. The summed E-state index contributed by atoms with van der Waals surface area (Å²) in [7, 11) is 1.96. The van der Waals surface area contributed by atoms with Gasteiger partial charge < -0.3 is 14.6 Å². The van der Waals surface area contributed by atoms with E-state index < -0.39 is 0 Å². The Labute approximate surface area is 103 Å². The van der Waals surface area contributed by atoms with Gasteiger partial charge in [0.1, 0.15) is 6.26 Å². The third kappa shape index (κ3) is 4.13. The van der Waals surface area contributed by atoms with Crippen LogP contribution in [0.5, 0.6) is 0 Å². The summed E-state index contributed by atoms with van der Waals surface area (Å²) in [5, 5.41) is 3.12. The molecule has 0 bridgehead atoms. The van der Waals surface area contributed by atoms with Gasteiger partial charge in [-0.25, -0.2) is 4.98 Å². The predicted molar refractivity (Wildman–Crippen MR) is 68.1 cm³/mol. The molecule has 4 nitrogen and oxygen atoms in total. The molecule has 4 heteroatoms. The first-order valence-electron chi connectivity index (χ1n) is 6.69. The van der Waals surface area contributed by atoms with E-state index >= 15 is 0 Å². The van der Waals surface area contributed by atoms with Gasteiger partial charge in [-0.15, -0.1) is 0 Å². The molecule has 0 amide bonds. The summed E-state index contributed by atoms with van der Waals surface area (Å²) in [5.74, 6) is 0.890. The topological polar surface area (TPSA) is 41.3 Å². The number of hydrogen-bond acceptors (Lipinski definition) is 4. The van der Waals surface area contributed by atoms with Gasteiger partial charge in [0.2, 0.25) is 0 Å². The lowest BCUT2D eigenvalue weighted by Crippen LogP contribution is -2.31. The van der Waals surface area contributed by atoms with Crippen molar-refractivity contribution in [1.82, 2.24) is 15.2 Å². The first-order valence-corrected chi connectivity index (χ1v) is 6.69. The molecule has 1 aliphatic rings. The second-order valence-electron chi connectivity index (χ2n) is 4.74. The average molecular weight is 237 g/mol. The largest absolute Gasteiger partial charge is 0.449 e. The average Bonchev–Trinajstić information content (AvgIpc) is 2.83. The lowest BCUT2D eigenvalue weighted by molar-refractivity contribution is 0.226. The minimum Gasteiger partial charge on any atom is -0.449 e. The van der Waals surface area contributed by atoms with Crippen LogP contribution >= 0.6 is 0 Å². The summed E-state index contributed by atoms with van der Waals surface area (Å²) < 4.78 is 5.49. The highest BCUT2D eigenvalue weighted by Crippen LogP contribution is 2.10. The number of likely N-dealkylation sites (tertiary alicyclic amines) is 1.